The van der Waals surface area contributed by atoms with Gasteiger partial charge in [-0.1, -0.05) is 28.5 Å². The zero-order chi connectivity index (χ0) is 15.4. The molecular formula is C12H18N2O5S2. The monoisotopic (exact) mass is 334 g/mol. The molecule has 1 saturated heterocycles. The highest BCUT2D eigenvalue weighted by Crippen LogP contribution is 2.42. The van der Waals surface area contributed by atoms with E-state index in [-0.39, 0.29) is 6.61 Å². The molecule has 0 spiro atoms. The van der Waals surface area contributed by atoms with E-state index in [1.54, 1.807) is 10.8 Å². The Morgan fingerprint density at radius 2 is 2.24 bits per heavy atom. The van der Waals surface area contributed by atoms with Gasteiger partial charge in [-0.15, -0.1) is 0 Å². The Morgan fingerprint density at radius 3 is 2.86 bits per heavy atom. The molecule has 1 aliphatic rings. The molecule has 1 aromatic rings. The predicted octanol–water partition coefficient (Wildman–Crippen LogP) is -0.0528. The molecule has 1 aliphatic heterocycles. The number of aliphatic hydroxyl groups is 2. The Kier molecular flexibility index (Phi) is 5.94. The summed E-state index contributed by atoms with van der Waals surface area (Å²) in [6.45, 7) is 1.72. The first-order valence-corrected chi connectivity index (χ1v) is 9.00. The lowest BCUT2D eigenvalue weighted by atomic mass is 10.2. The Balaban J connectivity index is 2.25. The van der Waals surface area contributed by atoms with E-state index in [2.05, 4.69) is 11.9 Å². The smallest absolute Gasteiger partial charge is 0.330 e. The first kappa shape index (κ1) is 16.6. The van der Waals surface area contributed by atoms with Gasteiger partial charge in [-0.05, 0) is 6.42 Å². The number of ether oxygens (including phenoxy) is 1. The largest absolute Gasteiger partial charge is 0.394 e. The van der Waals surface area contributed by atoms with Gasteiger partial charge in [-0.3, -0.25) is 14.3 Å². The molecule has 0 aliphatic carbocycles. The Bertz CT molecular complexity index is 575. The fraction of sp³-hybridized carbons (Fsp3) is 0.667. The number of aliphatic hydroxyl groups excluding tert-OH is 2. The third-order valence-electron chi connectivity index (χ3n) is 3.08. The molecular weight excluding hydrogens is 316 g/mol. The summed E-state index contributed by atoms with van der Waals surface area (Å²) in [5.74, 6) is 0.908. The van der Waals surface area contributed by atoms with Gasteiger partial charge in [0, 0.05) is 18.0 Å². The topological polar surface area (TPSA) is 105 Å². The number of hydrogen-bond donors (Lipinski definition) is 3. The van der Waals surface area contributed by atoms with Gasteiger partial charge in [-0.25, -0.2) is 4.79 Å². The van der Waals surface area contributed by atoms with Gasteiger partial charge in [0.25, 0.3) is 5.56 Å². The molecule has 1 unspecified atom stereocenters. The van der Waals surface area contributed by atoms with Crippen LogP contribution in [0.25, 0.3) is 0 Å². The van der Waals surface area contributed by atoms with Crippen LogP contribution in [-0.2, 0) is 4.74 Å². The molecule has 118 valence electrons. The molecule has 4 atom stereocenters. The van der Waals surface area contributed by atoms with Crippen LogP contribution < -0.4 is 11.2 Å². The highest BCUT2D eigenvalue weighted by atomic mass is 33.1. The van der Waals surface area contributed by atoms with Crippen molar-refractivity contribution in [3.05, 3.63) is 33.1 Å². The van der Waals surface area contributed by atoms with Gasteiger partial charge < -0.3 is 14.9 Å². The van der Waals surface area contributed by atoms with E-state index in [9.17, 15) is 19.8 Å². The van der Waals surface area contributed by atoms with Crippen molar-refractivity contribution in [2.45, 2.75) is 37.0 Å². The summed E-state index contributed by atoms with van der Waals surface area (Å²) in [6.07, 6.45) is -0.0118. The average Bonchev–Trinajstić information content (AvgIpc) is 2.76. The summed E-state index contributed by atoms with van der Waals surface area (Å²) < 4.78 is 6.82. The van der Waals surface area contributed by atoms with Crippen LogP contribution in [0.2, 0.25) is 0 Å². The lowest BCUT2D eigenvalue weighted by molar-refractivity contribution is -0.0457. The minimum Gasteiger partial charge on any atom is -0.394 e. The van der Waals surface area contributed by atoms with Gasteiger partial charge in [0.1, 0.15) is 6.10 Å². The molecule has 0 bridgehead atoms. The highest BCUT2D eigenvalue weighted by Gasteiger charge is 2.45. The summed E-state index contributed by atoms with van der Waals surface area (Å²) in [6, 6.07) is 1.23. The van der Waals surface area contributed by atoms with Crippen LogP contribution in [0.3, 0.4) is 0 Å². The van der Waals surface area contributed by atoms with E-state index in [0.29, 0.717) is 0 Å². The van der Waals surface area contributed by atoms with Gasteiger partial charge in [0.05, 0.1) is 18.0 Å². The molecule has 0 saturated carbocycles. The fourth-order valence-corrected chi connectivity index (χ4v) is 4.92. The quantitative estimate of drug-likeness (QED) is 0.495. The van der Waals surface area contributed by atoms with Crippen LogP contribution >= 0.6 is 21.6 Å². The Hall–Kier alpha value is -0.740. The van der Waals surface area contributed by atoms with Gasteiger partial charge in [-0.2, -0.15) is 0 Å². The van der Waals surface area contributed by atoms with Crippen LogP contribution in [0.5, 0.6) is 0 Å². The molecule has 7 nitrogen and oxygen atoms in total. The first-order valence-electron chi connectivity index (χ1n) is 6.62. The molecule has 0 radical (unpaired) electrons. The lowest BCUT2D eigenvalue weighted by Crippen LogP contribution is -2.36. The molecule has 1 fully saturated rings. The van der Waals surface area contributed by atoms with Crippen molar-refractivity contribution in [1.29, 1.82) is 0 Å². The van der Waals surface area contributed by atoms with Crippen LogP contribution in [0.1, 0.15) is 19.6 Å². The molecule has 2 heterocycles. The third kappa shape index (κ3) is 3.72. The van der Waals surface area contributed by atoms with Gasteiger partial charge in [0.15, 0.2) is 6.23 Å². The van der Waals surface area contributed by atoms with Crippen LogP contribution in [0.15, 0.2) is 21.9 Å². The summed E-state index contributed by atoms with van der Waals surface area (Å²) in [5, 5.41) is 19.1. The van der Waals surface area contributed by atoms with Crippen LogP contribution in [0, 0.1) is 0 Å². The van der Waals surface area contributed by atoms with E-state index in [1.165, 1.54) is 27.6 Å². The van der Waals surface area contributed by atoms with Gasteiger partial charge >= 0.3 is 5.69 Å². The molecule has 1 aromatic heterocycles. The normalized spacial score (nSPS) is 28.9. The molecule has 0 amide bonds. The van der Waals surface area contributed by atoms with Crippen molar-refractivity contribution in [3.8, 4) is 0 Å². The second kappa shape index (κ2) is 7.50. The van der Waals surface area contributed by atoms with E-state index in [4.69, 9.17) is 4.74 Å². The van der Waals surface area contributed by atoms with E-state index in [0.717, 1.165) is 12.2 Å². The van der Waals surface area contributed by atoms with Crippen LogP contribution in [-0.4, -0.2) is 49.6 Å². The maximum atomic E-state index is 11.9. The number of H-pyrrole nitrogens is 1. The molecule has 2 rings (SSSR count). The zero-order valence-corrected chi connectivity index (χ0v) is 13.1. The van der Waals surface area contributed by atoms with Crippen LogP contribution in [0.4, 0.5) is 0 Å². The lowest BCUT2D eigenvalue weighted by Gasteiger charge is -2.20. The second-order valence-electron chi connectivity index (χ2n) is 4.64. The minimum atomic E-state index is -0.881. The maximum absolute atomic E-state index is 11.9. The summed E-state index contributed by atoms with van der Waals surface area (Å²) in [7, 11) is 3.01. The van der Waals surface area contributed by atoms with Gasteiger partial charge in [0.2, 0.25) is 0 Å². The minimum absolute atomic E-state index is 0.328. The van der Waals surface area contributed by atoms with Crippen molar-refractivity contribution in [2.75, 3.05) is 12.4 Å². The second-order valence-corrected chi connectivity index (χ2v) is 7.30. The van der Waals surface area contributed by atoms with Crippen molar-refractivity contribution >= 4 is 21.6 Å². The van der Waals surface area contributed by atoms with E-state index >= 15 is 0 Å². The molecule has 0 aromatic carbocycles. The van der Waals surface area contributed by atoms with E-state index < -0.39 is 34.9 Å². The highest BCUT2D eigenvalue weighted by molar-refractivity contribution is 8.77. The Morgan fingerprint density at radius 1 is 1.48 bits per heavy atom. The number of hydrogen-bond acceptors (Lipinski definition) is 7. The number of nitrogens with one attached hydrogen (secondary N) is 1. The van der Waals surface area contributed by atoms with Crippen molar-refractivity contribution < 1.29 is 14.9 Å². The van der Waals surface area contributed by atoms with Crippen molar-refractivity contribution in [3.63, 3.8) is 0 Å². The SMILES string of the molecule is CCCSSC1[C@@H](O)[C@@H](CO)O[C@H]1n1ccc(=O)[nH]c1=O. The standard InChI is InChI=1S/C12H18N2O5S2/c1-2-5-20-21-10-9(17)7(6-15)19-11(10)14-4-3-8(16)13-12(14)18/h3-4,7,9-11,15,17H,2,5-6H2,1H3,(H,13,16,18)/t7-,9+,10?,11-/m1/s1. The zero-order valence-electron chi connectivity index (χ0n) is 11.5. The van der Waals surface area contributed by atoms with Crippen molar-refractivity contribution in [1.82, 2.24) is 9.55 Å². The summed E-state index contributed by atoms with van der Waals surface area (Å²) >= 11 is 0. The molecule has 9 heteroatoms. The third-order valence-corrected chi connectivity index (χ3v) is 6.10. The molecule has 3 N–H and O–H groups in total. The molecule has 21 heavy (non-hydrogen) atoms. The number of aromatic amines is 1. The van der Waals surface area contributed by atoms with E-state index in [1.807, 2.05) is 0 Å². The van der Waals surface area contributed by atoms with Crippen molar-refractivity contribution in [2.24, 2.45) is 0 Å². The number of nitrogens with zero attached hydrogens (tertiary/aromatic N) is 1. The predicted molar refractivity (Wildman–Crippen MR) is 82.5 cm³/mol. The summed E-state index contributed by atoms with van der Waals surface area (Å²) in [4.78, 5) is 25.2. The fourth-order valence-electron chi connectivity index (χ4n) is 2.03. The maximum Gasteiger partial charge on any atom is 0.330 e. The Labute approximate surface area is 129 Å². The number of rotatable bonds is 6. The first-order chi connectivity index (χ1) is 10.1. The number of aromatic nitrogens is 2. The average molecular weight is 334 g/mol. The summed E-state index contributed by atoms with van der Waals surface area (Å²) in [5.41, 5.74) is -1.08.